The summed E-state index contributed by atoms with van der Waals surface area (Å²) in [5, 5.41) is 3.21. The van der Waals surface area contributed by atoms with Gasteiger partial charge < -0.3 is 14.2 Å². The fraction of sp³-hybridized carbons (Fsp3) is 0. The molecule has 0 aliphatic heterocycles. The highest BCUT2D eigenvalue weighted by Crippen LogP contribution is 2.32. The van der Waals surface area contributed by atoms with Gasteiger partial charge in [0.25, 0.3) is 5.91 Å². The van der Waals surface area contributed by atoms with Crippen LogP contribution in [0.2, 0.25) is 5.02 Å². The minimum atomic E-state index is -0.352. The van der Waals surface area contributed by atoms with Crippen molar-refractivity contribution in [2.24, 2.45) is 0 Å². The summed E-state index contributed by atoms with van der Waals surface area (Å²) in [5.74, 6) is 0.228. The number of hydrogen-bond donors (Lipinski definition) is 1. The van der Waals surface area contributed by atoms with Crippen LogP contribution in [-0.4, -0.2) is 15.9 Å². The topological polar surface area (TPSA) is 81.2 Å². The highest BCUT2D eigenvalue weighted by Gasteiger charge is 2.14. The van der Waals surface area contributed by atoms with E-state index in [1.165, 1.54) is 6.26 Å². The van der Waals surface area contributed by atoms with Crippen LogP contribution in [0.1, 0.15) is 10.6 Å². The first kappa shape index (κ1) is 14.5. The number of amides is 1. The van der Waals surface area contributed by atoms with Crippen LogP contribution in [0.4, 0.5) is 5.69 Å². The van der Waals surface area contributed by atoms with Gasteiger partial charge >= 0.3 is 0 Å². The summed E-state index contributed by atoms with van der Waals surface area (Å²) in [6.45, 7) is 0. The number of halogens is 1. The molecule has 0 spiro atoms. The van der Waals surface area contributed by atoms with Crippen LogP contribution < -0.4 is 5.32 Å². The molecule has 1 amide bonds. The van der Waals surface area contributed by atoms with Crippen molar-refractivity contribution in [3.8, 4) is 11.5 Å². The van der Waals surface area contributed by atoms with Crippen LogP contribution in [0.15, 0.2) is 63.9 Å². The monoisotopic (exact) mass is 339 g/mol. The van der Waals surface area contributed by atoms with Crippen LogP contribution >= 0.6 is 11.6 Å². The van der Waals surface area contributed by atoms with Gasteiger partial charge in [0.05, 0.1) is 23.0 Å². The lowest BCUT2D eigenvalue weighted by Crippen LogP contribution is -2.10. The standard InChI is InChI=1S/C17H10ClN3O3/c18-12-4-3-10(20-16(22)15-2-1-7-23-15)8-11(12)17-21-13-9-19-6-5-14(13)24-17/h1-9H,(H,20,22). The van der Waals surface area contributed by atoms with Gasteiger partial charge in [0.1, 0.15) is 5.52 Å². The summed E-state index contributed by atoms with van der Waals surface area (Å²) in [6.07, 6.45) is 4.67. The Morgan fingerprint density at radius 2 is 2.12 bits per heavy atom. The molecule has 4 aromatic rings. The van der Waals surface area contributed by atoms with Gasteiger partial charge in [-0.1, -0.05) is 11.6 Å². The number of carbonyl (C=O) groups excluding carboxylic acids is 1. The van der Waals surface area contributed by atoms with Crippen molar-refractivity contribution in [3.05, 3.63) is 65.8 Å². The number of furan rings is 1. The molecule has 0 unspecified atom stereocenters. The molecule has 7 heteroatoms. The fourth-order valence-electron chi connectivity index (χ4n) is 2.26. The smallest absolute Gasteiger partial charge is 0.291 e. The third-order valence-electron chi connectivity index (χ3n) is 3.39. The van der Waals surface area contributed by atoms with Crippen molar-refractivity contribution >= 4 is 34.3 Å². The Morgan fingerprint density at radius 1 is 1.21 bits per heavy atom. The van der Waals surface area contributed by atoms with E-state index in [1.54, 1.807) is 48.8 Å². The zero-order chi connectivity index (χ0) is 16.5. The van der Waals surface area contributed by atoms with E-state index >= 15 is 0 Å². The Morgan fingerprint density at radius 3 is 2.92 bits per heavy atom. The van der Waals surface area contributed by atoms with Crippen LogP contribution in [0.3, 0.4) is 0 Å². The van der Waals surface area contributed by atoms with Gasteiger partial charge in [-0.2, -0.15) is 0 Å². The van der Waals surface area contributed by atoms with Gasteiger partial charge in [-0.05, 0) is 30.3 Å². The van der Waals surface area contributed by atoms with Crippen molar-refractivity contribution in [2.75, 3.05) is 5.32 Å². The Kier molecular flexibility index (Phi) is 3.51. The van der Waals surface area contributed by atoms with Crippen LogP contribution in [0.25, 0.3) is 22.6 Å². The first-order valence-corrected chi connectivity index (χ1v) is 7.44. The molecule has 3 aromatic heterocycles. The summed E-state index contributed by atoms with van der Waals surface area (Å²) in [7, 11) is 0. The molecule has 3 heterocycles. The molecular weight excluding hydrogens is 330 g/mol. The van der Waals surface area contributed by atoms with Crippen LogP contribution in [-0.2, 0) is 0 Å². The summed E-state index contributed by atoms with van der Waals surface area (Å²) in [5.41, 5.74) is 2.37. The number of carbonyl (C=O) groups is 1. The molecule has 4 rings (SSSR count). The number of nitrogens with one attached hydrogen (secondary N) is 1. The lowest BCUT2D eigenvalue weighted by Gasteiger charge is -2.06. The second-order valence-corrected chi connectivity index (χ2v) is 5.40. The highest BCUT2D eigenvalue weighted by atomic mass is 35.5. The molecule has 118 valence electrons. The molecule has 6 nitrogen and oxygen atoms in total. The number of hydrogen-bond acceptors (Lipinski definition) is 5. The van der Waals surface area contributed by atoms with Gasteiger partial charge in [0, 0.05) is 18.0 Å². The number of oxazole rings is 1. The maximum absolute atomic E-state index is 12.1. The van der Waals surface area contributed by atoms with E-state index in [4.69, 9.17) is 20.4 Å². The van der Waals surface area contributed by atoms with Gasteiger partial charge in [0.2, 0.25) is 5.89 Å². The zero-order valence-electron chi connectivity index (χ0n) is 12.2. The molecule has 0 aliphatic carbocycles. The van der Waals surface area contributed by atoms with E-state index in [1.807, 2.05) is 0 Å². The lowest BCUT2D eigenvalue weighted by atomic mass is 10.2. The second kappa shape index (κ2) is 5.82. The number of anilines is 1. The minimum absolute atomic E-state index is 0.222. The van der Waals surface area contributed by atoms with Crippen LogP contribution in [0.5, 0.6) is 0 Å². The number of aromatic nitrogens is 2. The van der Waals surface area contributed by atoms with E-state index in [-0.39, 0.29) is 11.7 Å². The number of rotatable bonds is 3. The first-order chi connectivity index (χ1) is 11.7. The van der Waals surface area contributed by atoms with Crippen molar-refractivity contribution in [3.63, 3.8) is 0 Å². The minimum Gasteiger partial charge on any atom is -0.459 e. The molecule has 0 radical (unpaired) electrons. The van der Waals surface area contributed by atoms with Gasteiger partial charge in [0.15, 0.2) is 11.3 Å². The molecule has 0 saturated carbocycles. The maximum Gasteiger partial charge on any atom is 0.291 e. The highest BCUT2D eigenvalue weighted by molar-refractivity contribution is 6.33. The number of benzene rings is 1. The molecule has 0 bridgehead atoms. The number of pyridine rings is 1. The lowest BCUT2D eigenvalue weighted by molar-refractivity contribution is 0.0996. The van der Waals surface area contributed by atoms with Gasteiger partial charge in [-0.25, -0.2) is 4.98 Å². The van der Waals surface area contributed by atoms with Crippen molar-refractivity contribution in [1.29, 1.82) is 0 Å². The molecule has 0 atom stereocenters. The number of fused-ring (bicyclic) bond motifs is 1. The van der Waals surface area contributed by atoms with Crippen molar-refractivity contribution in [2.45, 2.75) is 0 Å². The Bertz CT molecular complexity index is 992. The first-order valence-electron chi connectivity index (χ1n) is 7.06. The average Bonchev–Trinajstić information content (AvgIpc) is 3.25. The second-order valence-electron chi connectivity index (χ2n) is 4.99. The third-order valence-corrected chi connectivity index (χ3v) is 3.72. The summed E-state index contributed by atoms with van der Waals surface area (Å²) >= 11 is 6.25. The summed E-state index contributed by atoms with van der Waals surface area (Å²) in [6, 6.07) is 10.0. The van der Waals surface area contributed by atoms with Crippen molar-refractivity contribution in [1.82, 2.24) is 9.97 Å². The van der Waals surface area contributed by atoms with Gasteiger partial charge in [-0.3, -0.25) is 9.78 Å². The zero-order valence-corrected chi connectivity index (χ0v) is 12.9. The van der Waals surface area contributed by atoms with Gasteiger partial charge in [-0.15, -0.1) is 0 Å². The normalized spacial score (nSPS) is 10.9. The van der Waals surface area contributed by atoms with E-state index in [0.717, 1.165) is 0 Å². The Hall–Kier alpha value is -3.12. The largest absolute Gasteiger partial charge is 0.459 e. The average molecular weight is 340 g/mol. The fourth-order valence-corrected chi connectivity index (χ4v) is 2.46. The molecule has 0 fully saturated rings. The van der Waals surface area contributed by atoms with E-state index in [0.29, 0.717) is 33.3 Å². The van der Waals surface area contributed by atoms with Crippen molar-refractivity contribution < 1.29 is 13.6 Å². The molecule has 1 N–H and O–H groups in total. The predicted octanol–water partition coefficient (Wildman–Crippen LogP) is 4.39. The SMILES string of the molecule is O=C(Nc1ccc(Cl)c(-c2nc3cnccc3o2)c1)c1ccco1. The summed E-state index contributed by atoms with van der Waals surface area (Å²) < 4.78 is 10.8. The van der Waals surface area contributed by atoms with Crippen LogP contribution in [0, 0.1) is 0 Å². The Labute approximate surface area is 141 Å². The van der Waals surface area contributed by atoms with E-state index in [2.05, 4.69) is 15.3 Å². The molecule has 24 heavy (non-hydrogen) atoms. The Balaban J connectivity index is 1.69. The predicted molar refractivity (Wildman–Crippen MR) is 88.9 cm³/mol. The molecule has 0 saturated heterocycles. The quantitative estimate of drug-likeness (QED) is 0.598. The van der Waals surface area contributed by atoms with E-state index < -0.39 is 0 Å². The molecule has 1 aromatic carbocycles. The third kappa shape index (κ3) is 2.63. The van der Waals surface area contributed by atoms with E-state index in [9.17, 15) is 4.79 Å². The molecule has 0 aliphatic rings. The maximum atomic E-state index is 12.1. The number of nitrogens with zero attached hydrogens (tertiary/aromatic N) is 2. The summed E-state index contributed by atoms with van der Waals surface area (Å²) in [4.78, 5) is 20.4. The molecular formula is C17H10ClN3O3.